The maximum atomic E-state index is 12.0. The number of aromatic nitrogens is 2. The summed E-state index contributed by atoms with van der Waals surface area (Å²) in [5, 5.41) is 8.72. The van der Waals surface area contributed by atoms with Crippen LogP contribution >= 0.6 is 0 Å². The standard InChI is InChI=1S/C16H11N3O2/c17-9-12-4-6-13(7-5-12)11-21-16(20)14-10-19-8-2-1-3-15(19)18-14/h1-8,10H,11H2. The molecule has 0 bridgehead atoms. The van der Waals surface area contributed by atoms with Crippen LogP contribution in [-0.4, -0.2) is 15.4 Å². The number of hydrogen-bond donors (Lipinski definition) is 0. The molecule has 0 saturated heterocycles. The minimum atomic E-state index is -0.469. The summed E-state index contributed by atoms with van der Waals surface area (Å²) < 4.78 is 6.98. The summed E-state index contributed by atoms with van der Waals surface area (Å²) in [6.45, 7) is 0.151. The van der Waals surface area contributed by atoms with E-state index in [1.807, 2.05) is 30.5 Å². The third-order valence-electron chi connectivity index (χ3n) is 3.03. The second kappa shape index (κ2) is 5.47. The van der Waals surface area contributed by atoms with E-state index in [1.165, 1.54) is 0 Å². The molecule has 0 unspecified atom stereocenters. The summed E-state index contributed by atoms with van der Waals surface area (Å²) in [5.74, 6) is -0.469. The van der Waals surface area contributed by atoms with Gasteiger partial charge in [-0.05, 0) is 29.8 Å². The van der Waals surface area contributed by atoms with Crippen LogP contribution in [0.25, 0.3) is 5.65 Å². The van der Waals surface area contributed by atoms with Crippen molar-refractivity contribution in [2.45, 2.75) is 6.61 Å². The highest BCUT2D eigenvalue weighted by Crippen LogP contribution is 2.09. The first-order valence-electron chi connectivity index (χ1n) is 6.36. The molecule has 21 heavy (non-hydrogen) atoms. The molecule has 5 heteroatoms. The minimum Gasteiger partial charge on any atom is -0.456 e. The minimum absolute atomic E-state index is 0.151. The highest BCUT2D eigenvalue weighted by molar-refractivity contribution is 5.87. The van der Waals surface area contributed by atoms with Gasteiger partial charge in [-0.1, -0.05) is 18.2 Å². The Hall–Kier alpha value is -3.13. The van der Waals surface area contributed by atoms with Crippen molar-refractivity contribution in [1.29, 1.82) is 5.26 Å². The van der Waals surface area contributed by atoms with Gasteiger partial charge in [-0.25, -0.2) is 9.78 Å². The third kappa shape index (κ3) is 2.74. The molecule has 0 radical (unpaired) electrons. The summed E-state index contributed by atoms with van der Waals surface area (Å²) in [6, 6.07) is 14.5. The number of benzene rings is 1. The lowest BCUT2D eigenvalue weighted by Crippen LogP contribution is -2.05. The van der Waals surface area contributed by atoms with Crippen molar-refractivity contribution in [3.63, 3.8) is 0 Å². The second-order valence-electron chi connectivity index (χ2n) is 4.48. The zero-order chi connectivity index (χ0) is 14.7. The molecule has 1 aromatic carbocycles. The van der Waals surface area contributed by atoms with Crippen LogP contribution < -0.4 is 0 Å². The van der Waals surface area contributed by atoms with Crippen molar-refractivity contribution in [3.8, 4) is 6.07 Å². The van der Waals surface area contributed by atoms with Crippen molar-refractivity contribution < 1.29 is 9.53 Å². The number of nitrogens with zero attached hydrogens (tertiary/aromatic N) is 3. The summed E-state index contributed by atoms with van der Waals surface area (Å²) >= 11 is 0. The van der Waals surface area contributed by atoms with Crippen LogP contribution in [0.1, 0.15) is 21.6 Å². The lowest BCUT2D eigenvalue weighted by atomic mass is 10.2. The Labute approximate surface area is 121 Å². The average Bonchev–Trinajstić information content (AvgIpc) is 2.97. The topological polar surface area (TPSA) is 67.4 Å². The molecule has 102 valence electrons. The molecule has 2 aromatic heterocycles. The van der Waals surface area contributed by atoms with E-state index in [2.05, 4.69) is 4.98 Å². The molecule has 5 nitrogen and oxygen atoms in total. The van der Waals surface area contributed by atoms with Crippen LogP contribution in [0, 0.1) is 11.3 Å². The molecule has 0 amide bonds. The molecular weight excluding hydrogens is 266 g/mol. The molecule has 0 fully saturated rings. The number of imidazole rings is 1. The van der Waals surface area contributed by atoms with E-state index in [9.17, 15) is 4.79 Å². The first kappa shape index (κ1) is 12.9. The van der Waals surface area contributed by atoms with Gasteiger partial charge in [0, 0.05) is 12.4 Å². The number of ether oxygens (including phenoxy) is 1. The fourth-order valence-corrected chi connectivity index (χ4v) is 1.93. The molecule has 2 heterocycles. The van der Waals surface area contributed by atoms with Gasteiger partial charge in [0.1, 0.15) is 12.3 Å². The molecule has 0 aliphatic heterocycles. The number of rotatable bonds is 3. The Morgan fingerprint density at radius 3 is 2.76 bits per heavy atom. The largest absolute Gasteiger partial charge is 0.456 e. The lowest BCUT2D eigenvalue weighted by Gasteiger charge is -2.02. The molecule has 3 rings (SSSR count). The predicted molar refractivity (Wildman–Crippen MR) is 75.5 cm³/mol. The van der Waals surface area contributed by atoms with Crippen LogP contribution in [0.3, 0.4) is 0 Å². The molecule has 3 aromatic rings. The van der Waals surface area contributed by atoms with Gasteiger partial charge in [-0.15, -0.1) is 0 Å². The number of carbonyl (C=O) groups is 1. The van der Waals surface area contributed by atoms with Gasteiger partial charge in [-0.2, -0.15) is 5.26 Å². The van der Waals surface area contributed by atoms with E-state index in [-0.39, 0.29) is 12.3 Å². The number of hydrogen-bond acceptors (Lipinski definition) is 4. The van der Waals surface area contributed by atoms with Gasteiger partial charge in [0.2, 0.25) is 0 Å². The van der Waals surface area contributed by atoms with Crippen LogP contribution in [-0.2, 0) is 11.3 Å². The maximum absolute atomic E-state index is 12.0. The van der Waals surface area contributed by atoms with Crippen LogP contribution in [0.4, 0.5) is 0 Å². The Morgan fingerprint density at radius 2 is 2.05 bits per heavy atom. The van der Waals surface area contributed by atoms with Crippen LogP contribution in [0.15, 0.2) is 54.9 Å². The van der Waals surface area contributed by atoms with E-state index >= 15 is 0 Å². The monoisotopic (exact) mass is 277 g/mol. The summed E-state index contributed by atoms with van der Waals surface area (Å²) in [6.07, 6.45) is 3.45. The molecule has 0 aliphatic carbocycles. The summed E-state index contributed by atoms with van der Waals surface area (Å²) in [5.41, 5.74) is 2.37. The zero-order valence-electron chi connectivity index (χ0n) is 11.1. The Balaban J connectivity index is 1.69. The van der Waals surface area contributed by atoms with Gasteiger partial charge < -0.3 is 9.14 Å². The highest BCUT2D eigenvalue weighted by atomic mass is 16.5. The van der Waals surface area contributed by atoms with Crippen molar-refractivity contribution in [2.75, 3.05) is 0 Å². The fourth-order valence-electron chi connectivity index (χ4n) is 1.93. The lowest BCUT2D eigenvalue weighted by molar-refractivity contribution is 0.0466. The Morgan fingerprint density at radius 1 is 1.24 bits per heavy atom. The summed E-state index contributed by atoms with van der Waals surface area (Å²) in [4.78, 5) is 16.2. The zero-order valence-corrected chi connectivity index (χ0v) is 11.1. The van der Waals surface area contributed by atoms with Gasteiger partial charge in [0.05, 0.1) is 11.6 Å². The first-order valence-corrected chi connectivity index (χ1v) is 6.36. The SMILES string of the molecule is N#Cc1ccc(COC(=O)c2cn3ccccc3n2)cc1. The maximum Gasteiger partial charge on any atom is 0.358 e. The molecule has 0 spiro atoms. The van der Waals surface area contributed by atoms with Crippen LogP contribution in [0.2, 0.25) is 0 Å². The van der Waals surface area contributed by atoms with Gasteiger partial charge in [0.15, 0.2) is 5.69 Å². The van der Waals surface area contributed by atoms with E-state index < -0.39 is 5.97 Å². The Bertz CT molecular complexity index is 796. The smallest absolute Gasteiger partial charge is 0.358 e. The normalized spacial score (nSPS) is 10.2. The van der Waals surface area contributed by atoms with Gasteiger partial charge in [-0.3, -0.25) is 0 Å². The first-order chi connectivity index (χ1) is 10.3. The number of pyridine rings is 1. The average molecular weight is 277 g/mol. The molecule has 0 N–H and O–H groups in total. The number of fused-ring (bicyclic) bond motifs is 1. The molecule has 0 saturated carbocycles. The van der Waals surface area contributed by atoms with E-state index in [0.29, 0.717) is 11.2 Å². The van der Waals surface area contributed by atoms with Crippen molar-refractivity contribution in [1.82, 2.24) is 9.38 Å². The van der Waals surface area contributed by atoms with Crippen LogP contribution in [0.5, 0.6) is 0 Å². The predicted octanol–water partition coefficient (Wildman–Crippen LogP) is 2.56. The Kier molecular flexibility index (Phi) is 3.36. The fraction of sp³-hybridized carbons (Fsp3) is 0.0625. The van der Waals surface area contributed by atoms with Crippen molar-refractivity contribution in [2.24, 2.45) is 0 Å². The highest BCUT2D eigenvalue weighted by Gasteiger charge is 2.12. The molecular formula is C16H11N3O2. The molecule has 0 atom stereocenters. The summed E-state index contributed by atoms with van der Waals surface area (Å²) in [7, 11) is 0. The van der Waals surface area contributed by atoms with Crippen molar-refractivity contribution in [3.05, 3.63) is 71.7 Å². The van der Waals surface area contributed by atoms with Crippen molar-refractivity contribution >= 4 is 11.6 Å². The van der Waals surface area contributed by atoms with E-state index in [4.69, 9.17) is 10.00 Å². The quantitative estimate of drug-likeness (QED) is 0.690. The van der Waals surface area contributed by atoms with Gasteiger partial charge >= 0.3 is 5.97 Å². The van der Waals surface area contributed by atoms with E-state index in [1.54, 1.807) is 34.9 Å². The number of nitriles is 1. The molecule has 0 aliphatic rings. The third-order valence-corrected chi connectivity index (χ3v) is 3.03. The number of carbonyl (C=O) groups excluding carboxylic acids is 1. The second-order valence-corrected chi connectivity index (χ2v) is 4.48. The van der Waals surface area contributed by atoms with E-state index in [0.717, 1.165) is 5.56 Å². The van der Waals surface area contributed by atoms with Gasteiger partial charge in [0.25, 0.3) is 0 Å². The number of esters is 1.